The minimum absolute atomic E-state index is 0.177. The van der Waals surface area contributed by atoms with Crippen molar-refractivity contribution in [1.82, 2.24) is 20.0 Å². The van der Waals surface area contributed by atoms with Crippen molar-refractivity contribution in [3.05, 3.63) is 34.9 Å². The van der Waals surface area contributed by atoms with Gasteiger partial charge in [0.15, 0.2) is 0 Å². The maximum absolute atomic E-state index is 13.9. The summed E-state index contributed by atoms with van der Waals surface area (Å²) in [4.78, 5) is 33.6. The molecule has 3 fully saturated rings. The number of amides is 3. The monoisotopic (exact) mass is 545 g/mol. The Labute approximate surface area is 234 Å². The van der Waals surface area contributed by atoms with Crippen LogP contribution in [0, 0.1) is 0 Å². The first-order valence-electron chi connectivity index (χ1n) is 15.0. The van der Waals surface area contributed by atoms with Gasteiger partial charge in [-0.05, 0) is 89.3 Å². The molecule has 4 rings (SSSR count). The van der Waals surface area contributed by atoms with Crippen LogP contribution >= 0.6 is 11.6 Å². The van der Waals surface area contributed by atoms with Gasteiger partial charge in [0.2, 0.25) is 5.91 Å². The van der Waals surface area contributed by atoms with E-state index in [1.807, 2.05) is 34.1 Å². The number of urea groups is 1. The van der Waals surface area contributed by atoms with Crippen LogP contribution in [0.5, 0.6) is 0 Å². The second kappa shape index (κ2) is 14.0. The molecule has 0 bridgehead atoms. The summed E-state index contributed by atoms with van der Waals surface area (Å²) < 4.78 is 0. The molecule has 8 heteroatoms. The number of carbonyl (C=O) groups excluding carboxylic acids is 2. The molecule has 1 aromatic carbocycles. The molecule has 38 heavy (non-hydrogen) atoms. The van der Waals surface area contributed by atoms with Crippen LogP contribution < -0.4 is 11.1 Å². The number of nitrogens with one attached hydrogen (secondary N) is 1. The third-order valence-electron chi connectivity index (χ3n) is 9.00. The van der Waals surface area contributed by atoms with Gasteiger partial charge < -0.3 is 25.8 Å². The summed E-state index contributed by atoms with van der Waals surface area (Å²) in [7, 11) is 0. The van der Waals surface area contributed by atoms with Crippen molar-refractivity contribution < 1.29 is 9.59 Å². The van der Waals surface area contributed by atoms with Crippen LogP contribution in [-0.4, -0.2) is 83.0 Å². The maximum Gasteiger partial charge on any atom is 0.320 e. The molecule has 1 atom stereocenters. The molecule has 0 spiro atoms. The molecule has 1 aliphatic heterocycles. The van der Waals surface area contributed by atoms with Crippen LogP contribution in [0.2, 0.25) is 5.02 Å². The molecule has 0 radical (unpaired) electrons. The molecule has 1 saturated heterocycles. The zero-order valence-electron chi connectivity index (χ0n) is 23.4. The average Bonchev–Trinajstić information content (AvgIpc) is 3.46. The standard InChI is InChI=1S/C30H48ClN5O2/c1-3-34(4-2)30(38)36(26-7-5-6-8-26)27-17-19-35(20-18-27)29(37)28(21-22-9-11-23(31)12-10-22)33-25-15-13-24(32)14-16-25/h9-12,24-28,33H,3-8,13-21,32H2,1-2H3/t24?,25?,28-/m1/s1. The number of likely N-dealkylation sites (tertiary alicyclic amines) is 1. The zero-order valence-corrected chi connectivity index (χ0v) is 24.2. The summed E-state index contributed by atoms with van der Waals surface area (Å²) >= 11 is 6.11. The van der Waals surface area contributed by atoms with Crippen LogP contribution in [0.25, 0.3) is 0 Å². The van der Waals surface area contributed by atoms with E-state index >= 15 is 0 Å². The molecule has 212 valence electrons. The van der Waals surface area contributed by atoms with Crippen molar-refractivity contribution in [1.29, 1.82) is 0 Å². The number of carbonyl (C=O) groups is 2. The molecule has 3 N–H and O–H groups in total. The van der Waals surface area contributed by atoms with Crippen LogP contribution in [0.3, 0.4) is 0 Å². The molecule has 7 nitrogen and oxygen atoms in total. The lowest BCUT2D eigenvalue weighted by Gasteiger charge is -2.44. The topological polar surface area (TPSA) is 81.9 Å². The number of nitrogens with two attached hydrogens (primary N) is 1. The van der Waals surface area contributed by atoms with E-state index in [2.05, 4.69) is 24.1 Å². The van der Waals surface area contributed by atoms with E-state index in [0.717, 1.165) is 70.0 Å². The summed E-state index contributed by atoms with van der Waals surface area (Å²) in [5.41, 5.74) is 7.25. The second-order valence-electron chi connectivity index (χ2n) is 11.5. The highest BCUT2D eigenvalue weighted by Crippen LogP contribution is 2.30. The first-order chi connectivity index (χ1) is 18.4. The smallest absolute Gasteiger partial charge is 0.320 e. The molecular formula is C30H48ClN5O2. The van der Waals surface area contributed by atoms with Gasteiger partial charge in [-0.15, -0.1) is 0 Å². The first-order valence-corrected chi connectivity index (χ1v) is 15.4. The lowest BCUT2D eigenvalue weighted by atomic mass is 9.90. The van der Waals surface area contributed by atoms with Gasteiger partial charge in [-0.25, -0.2) is 4.79 Å². The van der Waals surface area contributed by atoms with Crippen molar-refractivity contribution in [2.45, 2.75) is 115 Å². The van der Waals surface area contributed by atoms with Gasteiger partial charge in [0.1, 0.15) is 0 Å². The summed E-state index contributed by atoms with van der Waals surface area (Å²) in [6, 6.07) is 8.89. The minimum atomic E-state index is -0.268. The molecule has 0 aromatic heterocycles. The Bertz CT molecular complexity index is 886. The van der Waals surface area contributed by atoms with Gasteiger partial charge in [0.25, 0.3) is 0 Å². The van der Waals surface area contributed by atoms with Gasteiger partial charge >= 0.3 is 6.03 Å². The van der Waals surface area contributed by atoms with Crippen LogP contribution in [0.15, 0.2) is 24.3 Å². The highest BCUT2D eigenvalue weighted by Gasteiger charge is 2.38. The fourth-order valence-corrected chi connectivity index (χ4v) is 6.81. The van der Waals surface area contributed by atoms with E-state index in [9.17, 15) is 9.59 Å². The van der Waals surface area contributed by atoms with Crippen LogP contribution in [0.1, 0.15) is 83.6 Å². The van der Waals surface area contributed by atoms with E-state index in [-0.39, 0.29) is 30.1 Å². The van der Waals surface area contributed by atoms with E-state index in [1.54, 1.807) is 0 Å². The van der Waals surface area contributed by atoms with Crippen molar-refractivity contribution in [3.63, 3.8) is 0 Å². The average molecular weight is 546 g/mol. The number of halogens is 1. The lowest BCUT2D eigenvalue weighted by molar-refractivity contribution is -0.135. The second-order valence-corrected chi connectivity index (χ2v) is 12.0. The van der Waals surface area contributed by atoms with Crippen LogP contribution in [0.4, 0.5) is 4.79 Å². The van der Waals surface area contributed by atoms with Crippen molar-refractivity contribution >= 4 is 23.5 Å². The molecule has 1 aromatic rings. The highest BCUT2D eigenvalue weighted by molar-refractivity contribution is 6.30. The Morgan fingerprint density at radius 1 is 0.947 bits per heavy atom. The van der Waals surface area contributed by atoms with Crippen molar-refractivity contribution in [2.75, 3.05) is 26.2 Å². The van der Waals surface area contributed by atoms with Gasteiger partial charge in [0.05, 0.1) is 6.04 Å². The van der Waals surface area contributed by atoms with Gasteiger partial charge in [-0.2, -0.15) is 0 Å². The van der Waals surface area contributed by atoms with Crippen molar-refractivity contribution in [3.8, 4) is 0 Å². The van der Waals surface area contributed by atoms with Gasteiger partial charge in [-0.1, -0.05) is 36.6 Å². The van der Waals surface area contributed by atoms with Crippen LogP contribution in [-0.2, 0) is 11.2 Å². The van der Waals surface area contributed by atoms with E-state index in [4.69, 9.17) is 17.3 Å². The Balaban J connectivity index is 1.42. The summed E-state index contributed by atoms with van der Waals surface area (Å²) in [5, 5.41) is 4.42. The van der Waals surface area contributed by atoms with Gasteiger partial charge in [0, 0.05) is 55.4 Å². The Morgan fingerprint density at radius 3 is 2.11 bits per heavy atom. The number of rotatable bonds is 9. The molecule has 2 aliphatic carbocycles. The van der Waals surface area contributed by atoms with Crippen molar-refractivity contribution in [2.24, 2.45) is 5.73 Å². The highest BCUT2D eigenvalue weighted by atomic mass is 35.5. The quantitative estimate of drug-likeness (QED) is 0.466. The fraction of sp³-hybridized carbons (Fsp3) is 0.733. The first kappa shape index (κ1) is 29.2. The minimum Gasteiger partial charge on any atom is -0.341 e. The fourth-order valence-electron chi connectivity index (χ4n) is 6.68. The SMILES string of the molecule is CCN(CC)C(=O)N(C1CCCC1)C1CCN(C(=O)[C@@H](Cc2ccc(Cl)cc2)NC2CCC(N)CC2)CC1. The Hall–Kier alpha value is -1.83. The summed E-state index contributed by atoms with van der Waals surface area (Å²) in [5.74, 6) is 0.177. The predicted octanol–water partition coefficient (Wildman–Crippen LogP) is 4.81. The Kier molecular flexibility index (Phi) is 10.7. The molecule has 3 amide bonds. The van der Waals surface area contributed by atoms with E-state index in [1.165, 1.54) is 12.8 Å². The van der Waals surface area contributed by atoms with E-state index in [0.29, 0.717) is 36.6 Å². The molecule has 1 heterocycles. The molecular weight excluding hydrogens is 498 g/mol. The molecule has 0 unspecified atom stereocenters. The maximum atomic E-state index is 13.9. The molecule has 3 aliphatic rings. The number of nitrogens with zero attached hydrogens (tertiary/aromatic N) is 3. The van der Waals surface area contributed by atoms with E-state index < -0.39 is 0 Å². The largest absolute Gasteiger partial charge is 0.341 e. The zero-order chi connectivity index (χ0) is 27.1. The Morgan fingerprint density at radius 2 is 1.53 bits per heavy atom. The number of hydrogen-bond donors (Lipinski definition) is 2. The normalized spacial score (nSPS) is 23.8. The third kappa shape index (κ3) is 7.42. The van der Waals surface area contributed by atoms with Gasteiger partial charge in [-0.3, -0.25) is 4.79 Å². The number of hydrogen-bond acceptors (Lipinski definition) is 4. The lowest BCUT2D eigenvalue weighted by Crippen LogP contribution is -2.58. The molecule has 2 saturated carbocycles. The summed E-state index contributed by atoms with van der Waals surface area (Å²) in [6.45, 7) is 6.99. The third-order valence-corrected chi connectivity index (χ3v) is 9.25. The predicted molar refractivity (Wildman–Crippen MR) is 154 cm³/mol. The number of benzene rings is 1. The number of piperidine rings is 1. The summed E-state index contributed by atoms with van der Waals surface area (Å²) in [6.07, 6.45) is 11.0.